The zero-order chi connectivity index (χ0) is 19.1. The molecule has 6 nitrogen and oxygen atoms in total. The summed E-state index contributed by atoms with van der Waals surface area (Å²) in [6, 6.07) is 9.95. The van der Waals surface area contributed by atoms with Crippen LogP contribution in [0.1, 0.15) is 21.5 Å². The number of nitrogens with one attached hydrogen (secondary N) is 1. The van der Waals surface area contributed by atoms with Gasteiger partial charge < -0.3 is 14.2 Å². The number of aryl methyl sites for hydroxylation is 1. The van der Waals surface area contributed by atoms with E-state index >= 15 is 0 Å². The fraction of sp³-hybridized carbons (Fsp3) is 0.222. The van der Waals surface area contributed by atoms with Crippen LogP contribution in [0.4, 0.5) is 8.78 Å². The summed E-state index contributed by atoms with van der Waals surface area (Å²) in [5.74, 6) is -0.477. The normalized spacial score (nSPS) is 10.8. The highest BCUT2D eigenvalue weighted by Gasteiger charge is 2.17. The Balaban J connectivity index is 2.19. The Bertz CT molecular complexity index is 785. The van der Waals surface area contributed by atoms with Crippen molar-refractivity contribution in [2.45, 2.75) is 13.5 Å². The number of benzene rings is 2. The lowest BCUT2D eigenvalue weighted by Crippen LogP contribution is -2.18. The first-order valence-corrected chi connectivity index (χ1v) is 7.56. The molecule has 2 aromatic rings. The molecule has 0 radical (unpaired) electrons. The van der Waals surface area contributed by atoms with E-state index in [-0.39, 0.29) is 23.2 Å². The number of hydrogen-bond donors (Lipinski definition) is 1. The third-order valence-electron chi connectivity index (χ3n) is 3.46. The van der Waals surface area contributed by atoms with Crippen molar-refractivity contribution >= 4 is 12.1 Å². The van der Waals surface area contributed by atoms with E-state index in [1.54, 1.807) is 12.1 Å². The van der Waals surface area contributed by atoms with E-state index in [1.165, 1.54) is 32.6 Å². The fourth-order valence-electron chi connectivity index (χ4n) is 2.23. The average molecular weight is 364 g/mol. The summed E-state index contributed by atoms with van der Waals surface area (Å²) in [6.07, 6.45) is 1.34. The van der Waals surface area contributed by atoms with Gasteiger partial charge in [0.05, 0.1) is 20.4 Å². The summed E-state index contributed by atoms with van der Waals surface area (Å²) < 4.78 is 39.6. The maximum absolute atomic E-state index is 12.5. The minimum Gasteiger partial charge on any atom is -0.493 e. The number of methoxy groups -OCH3 is 2. The molecule has 26 heavy (non-hydrogen) atoms. The van der Waals surface area contributed by atoms with Gasteiger partial charge in [-0.15, -0.1) is 0 Å². The van der Waals surface area contributed by atoms with E-state index in [4.69, 9.17) is 9.47 Å². The van der Waals surface area contributed by atoms with Crippen molar-refractivity contribution in [3.05, 3.63) is 53.1 Å². The van der Waals surface area contributed by atoms with Crippen molar-refractivity contribution in [3.8, 4) is 17.2 Å². The molecule has 0 bridgehead atoms. The topological polar surface area (TPSA) is 69.2 Å². The molecule has 2 aromatic carbocycles. The smallest absolute Gasteiger partial charge is 0.387 e. The van der Waals surface area contributed by atoms with Crippen LogP contribution in [-0.4, -0.2) is 33.0 Å². The van der Waals surface area contributed by atoms with Crippen LogP contribution in [-0.2, 0) is 0 Å². The van der Waals surface area contributed by atoms with Gasteiger partial charge in [0.25, 0.3) is 5.91 Å². The Morgan fingerprint density at radius 1 is 1.15 bits per heavy atom. The molecule has 0 unspecified atom stereocenters. The maximum atomic E-state index is 12.5. The van der Waals surface area contributed by atoms with Crippen molar-refractivity contribution in [2.75, 3.05) is 14.2 Å². The number of rotatable bonds is 7. The highest BCUT2D eigenvalue weighted by atomic mass is 19.3. The molecule has 1 amide bonds. The molecule has 0 aliphatic heterocycles. The highest BCUT2D eigenvalue weighted by Crippen LogP contribution is 2.39. The van der Waals surface area contributed by atoms with Gasteiger partial charge in [-0.25, -0.2) is 5.43 Å². The average Bonchev–Trinajstić information content (AvgIpc) is 2.62. The summed E-state index contributed by atoms with van der Waals surface area (Å²) in [4.78, 5) is 12.1. The van der Waals surface area contributed by atoms with Gasteiger partial charge in [0, 0.05) is 11.1 Å². The first-order chi connectivity index (χ1) is 12.5. The van der Waals surface area contributed by atoms with E-state index in [1.807, 2.05) is 19.1 Å². The van der Waals surface area contributed by atoms with E-state index in [0.29, 0.717) is 11.1 Å². The third kappa shape index (κ3) is 4.69. The summed E-state index contributed by atoms with van der Waals surface area (Å²) in [7, 11) is 2.63. The SMILES string of the molecule is COc1cc(/C=N\NC(=O)c2ccccc2C)cc(OC)c1OC(F)F. The van der Waals surface area contributed by atoms with Crippen molar-refractivity contribution in [2.24, 2.45) is 5.10 Å². The van der Waals surface area contributed by atoms with Gasteiger partial charge in [0.1, 0.15) is 0 Å². The zero-order valence-corrected chi connectivity index (χ0v) is 14.5. The van der Waals surface area contributed by atoms with Crippen molar-refractivity contribution in [3.63, 3.8) is 0 Å². The van der Waals surface area contributed by atoms with Gasteiger partial charge >= 0.3 is 6.61 Å². The summed E-state index contributed by atoms with van der Waals surface area (Å²) >= 11 is 0. The Morgan fingerprint density at radius 2 is 1.77 bits per heavy atom. The third-order valence-corrected chi connectivity index (χ3v) is 3.46. The number of ether oxygens (including phenoxy) is 3. The lowest BCUT2D eigenvalue weighted by Gasteiger charge is -2.14. The second-order valence-corrected chi connectivity index (χ2v) is 5.15. The largest absolute Gasteiger partial charge is 0.493 e. The summed E-state index contributed by atoms with van der Waals surface area (Å²) in [5, 5.41) is 3.88. The van der Waals surface area contributed by atoms with Gasteiger partial charge in [-0.3, -0.25) is 4.79 Å². The molecule has 0 aliphatic carbocycles. The molecule has 0 fully saturated rings. The Morgan fingerprint density at radius 3 is 2.31 bits per heavy atom. The molecular formula is C18H18F2N2O4. The molecule has 1 N–H and O–H groups in total. The zero-order valence-electron chi connectivity index (χ0n) is 14.5. The minimum atomic E-state index is -3.02. The number of amides is 1. The molecule has 0 aliphatic rings. The van der Waals surface area contributed by atoms with Crippen molar-refractivity contribution < 1.29 is 27.8 Å². The lowest BCUT2D eigenvalue weighted by molar-refractivity contribution is -0.0526. The van der Waals surface area contributed by atoms with Crippen LogP contribution in [0.25, 0.3) is 0 Å². The number of alkyl halides is 2. The van der Waals surface area contributed by atoms with Crippen molar-refractivity contribution in [1.29, 1.82) is 0 Å². The first kappa shape index (κ1) is 19.2. The van der Waals surface area contributed by atoms with Crippen LogP contribution >= 0.6 is 0 Å². The molecule has 0 saturated heterocycles. The molecule has 0 atom stereocenters. The van der Waals surface area contributed by atoms with Gasteiger partial charge in [-0.1, -0.05) is 18.2 Å². The van der Waals surface area contributed by atoms with Gasteiger partial charge in [0.2, 0.25) is 5.75 Å². The number of hydrazone groups is 1. The molecule has 0 saturated carbocycles. The number of carbonyl (C=O) groups excluding carboxylic acids is 1. The van der Waals surface area contributed by atoms with E-state index in [2.05, 4.69) is 15.3 Å². The second kappa shape index (κ2) is 8.80. The molecule has 0 spiro atoms. The summed E-state index contributed by atoms with van der Waals surface area (Å²) in [5.41, 5.74) is 4.19. The van der Waals surface area contributed by atoms with Gasteiger partial charge in [-0.2, -0.15) is 13.9 Å². The molecule has 8 heteroatoms. The Labute approximate surface area is 149 Å². The molecule has 0 heterocycles. The van der Waals surface area contributed by atoms with E-state index < -0.39 is 6.61 Å². The highest BCUT2D eigenvalue weighted by molar-refractivity contribution is 5.96. The molecule has 138 valence electrons. The predicted octanol–water partition coefficient (Wildman–Crippen LogP) is 3.38. The number of carbonyl (C=O) groups is 1. The van der Waals surface area contributed by atoms with Crippen LogP contribution < -0.4 is 19.6 Å². The number of nitrogens with zero attached hydrogens (tertiary/aromatic N) is 1. The second-order valence-electron chi connectivity index (χ2n) is 5.15. The number of hydrogen-bond acceptors (Lipinski definition) is 5. The van der Waals surface area contributed by atoms with Crippen LogP contribution in [0.5, 0.6) is 17.2 Å². The molecule has 2 rings (SSSR count). The predicted molar refractivity (Wildman–Crippen MR) is 92.4 cm³/mol. The Kier molecular flexibility index (Phi) is 6.48. The Hall–Kier alpha value is -3.16. The van der Waals surface area contributed by atoms with Crippen LogP contribution in [0.2, 0.25) is 0 Å². The quantitative estimate of drug-likeness (QED) is 0.604. The lowest BCUT2D eigenvalue weighted by atomic mass is 10.1. The monoisotopic (exact) mass is 364 g/mol. The minimum absolute atomic E-state index is 0.0522. The first-order valence-electron chi connectivity index (χ1n) is 7.56. The standard InChI is InChI=1S/C18H18F2N2O4/c1-11-6-4-5-7-13(11)17(23)22-21-10-12-8-14(24-2)16(26-18(19)20)15(9-12)25-3/h4-10,18H,1-3H3,(H,22,23)/b21-10-. The van der Waals surface area contributed by atoms with Crippen LogP contribution in [0.15, 0.2) is 41.5 Å². The maximum Gasteiger partial charge on any atom is 0.387 e. The van der Waals surface area contributed by atoms with E-state index in [0.717, 1.165) is 5.56 Å². The molecular weight excluding hydrogens is 346 g/mol. The number of halogens is 2. The van der Waals surface area contributed by atoms with Crippen LogP contribution in [0, 0.1) is 6.92 Å². The van der Waals surface area contributed by atoms with Gasteiger partial charge in [-0.05, 0) is 30.7 Å². The summed E-state index contributed by atoms with van der Waals surface area (Å²) in [6.45, 7) is -1.21. The van der Waals surface area contributed by atoms with Crippen molar-refractivity contribution in [1.82, 2.24) is 5.43 Å². The van der Waals surface area contributed by atoms with E-state index in [9.17, 15) is 13.6 Å². The fourth-order valence-corrected chi connectivity index (χ4v) is 2.23. The molecule has 0 aromatic heterocycles. The van der Waals surface area contributed by atoms with Crippen LogP contribution in [0.3, 0.4) is 0 Å². The van der Waals surface area contributed by atoms with Gasteiger partial charge in [0.15, 0.2) is 11.5 Å².